The molecule has 3 heterocycles. The Labute approximate surface area is 227 Å². The van der Waals surface area contributed by atoms with Gasteiger partial charge in [0.25, 0.3) is 0 Å². The predicted molar refractivity (Wildman–Crippen MR) is 140 cm³/mol. The number of aromatic nitrogens is 4. The molecule has 0 saturated heterocycles. The molecule has 0 radical (unpaired) electrons. The van der Waals surface area contributed by atoms with E-state index in [0.717, 1.165) is 45.6 Å². The Kier molecular flexibility index (Phi) is 9.07. The van der Waals surface area contributed by atoms with Crippen LogP contribution in [-0.2, 0) is 4.79 Å². The van der Waals surface area contributed by atoms with Crippen LogP contribution in [0.25, 0.3) is 16.6 Å². The van der Waals surface area contributed by atoms with E-state index >= 15 is 0 Å². The standard InChI is InChI=1S/C23H27ClN6O2.C2HF3O2/c1-13-18(24)10-17(15(3)30-23-20(14(2)28-30)22(25)26-12-27-23)21(32-4)19(13)16-6-5-7-29(11-16)8-9-31;3-2(4,5)1(6)7/h5-6,10-12,15,31H,7-9H2,1-4H3,(H2,25,26,27);(H,6,7). The van der Waals surface area contributed by atoms with Gasteiger partial charge in [-0.25, -0.2) is 19.4 Å². The number of β-amino-alcohol motifs (C(OH)–C–C–N with tert-alkyl or cyclic N) is 1. The highest BCUT2D eigenvalue weighted by atomic mass is 35.5. The second-order valence-electron chi connectivity index (χ2n) is 8.65. The molecule has 14 heteroatoms. The maximum atomic E-state index is 10.6. The molecule has 2 aromatic heterocycles. The highest BCUT2D eigenvalue weighted by Gasteiger charge is 2.38. The van der Waals surface area contributed by atoms with Gasteiger partial charge in [0.1, 0.15) is 17.9 Å². The molecule has 0 fully saturated rings. The number of aliphatic hydroxyl groups is 1. The molecular weight excluding hydrogens is 541 g/mol. The summed E-state index contributed by atoms with van der Waals surface area (Å²) in [6.07, 6.45) is 2.52. The molecule has 39 heavy (non-hydrogen) atoms. The van der Waals surface area contributed by atoms with Crippen molar-refractivity contribution in [2.24, 2.45) is 0 Å². The molecule has 0 bridgehead atoms. The van der Waals surface area contributed by atoms with Crippen molar-refractivity contribution in [3.63, 3.8) is 0 Å². The number of aryl methyl sites for hydroxylation is 1. The Hall–Kier alpha value is -3.84. The van der Waals surface area contributed by atoms with E-state index in [0.29, 0.717) is 23.0 Å². The van der Waals surface area contributed by atoms with E-state index in [4.69, 9.17) is 37.1 Å². The number of hydrogen-bond acceptors (Lipinski definition) is 8. The van der Waals surface area contributed by atoms with E-state index < -0.39 is 12.1 Å². The van der Waals surface area contributed by atoms with Crippen LogP contribution in [0.1, 0.15) is 35.3 Å². The number of allylic oxidation sites excluding steroid dienone is 2. The number of aliphatic hydroxyl groups excluding tert-OH is 1. The lowest BCUT2D eigenvalue weighted by molar-refractivity contribution is -0.192. The molecular formula is C25H28ClF3N6O4. The fourth-order valence-electron chi connectivity index (χ4n) is 4.23. The molecule has 10 nitrogen and oxygen atoms in total. The van der Waals surface area contributed by atoms with Crippen molar-refractivity contribution in [3.05, 3.63) is 58.2 Å². The molecule has 0 saturated carbocycles. The van der Waals surface area contributed by atoms with Gasteiger partial charge < -0.3 is 25.6 Å². The minimum absolute atomic E-state index is 0.0856. The molecule has 0 aliphatic carbocycles. The monoisotopic (exact) mass is 568 g/mol. The van der Waals surface area contributed by atoms with E-state index in [1.54, 1.807) is 7.11 Å². The maximum absolute atomic E-state index is 10.6. The van der Waals surface area contributed by atoms with Crippen molar-refractivity contribution in [2.45, 2.75) is 33.0 Å². The SMILES string of the molecule is COc1c(C(C)n2nc(C)c3c(N)ncnc32)cc(Cl)c(C)c1C1=CN(CCO)CC=C1.O=C(O)C(F)(F)F. The van der Waals surface area contributed by atoms with Gasteiger partial charge in [0.05, 0.1) is 30.8 Å². The maximum Gasteiger partial charge on any atom is 0.490 e. The number of carboxylic acids is 1. The van der Waals surface area contributed by atoms with Gasteiger partial charge >= 0.3 is 12.1 Å². The fraction of sp³-hybridized carbons (Fsp3) is 0.360. The van der Waals surface area contributed by atoms with Gasteiger partial charge in [0.2, 0.25) is 0 Å². The van der Waals surface area contributed by atoms with Crippen molar-refractivity contribution in [3.8, 4) is 5.75 Å². The van der Waals surface area contributed by atoms with Crippen LogP contribution in [0.2, 0.25) is 5.02 Å². The third kappa shape index (κ3) is 6.25. The lowest BCUT2D eigenvalue weighted by atomic mass is 9.93. The summed E-state index contributed by atoms with van der Waals surface area (Å²) in [5.41, 5.74) is 11.2. The molecule has 1 aromatic carbocycles. The van der Waals surface area contributed by atoms with E-state index in [1.807, 2.05) is 37.7 Å². The van der Waals surface area contributed by atoms with Gasteiger partial charge in [-0.05, 0) is 32.4 Å². The average molecular weight is 569 g/mol. The Morgan fingerprint density at radius 3 is 2.56 bits per heavy atom. The van der Waals surface area contributed by atoms with Crippen LogP contribution in [0.4, 0.5) is 19.0 Å². The number of nitrogens with zero attached hydrogens (tertiary/aromatic N) is 5. The largest absolute Gasteiger partial charge is 0.496 e. The van der Waals surface area contributed by atoms with Gasteiger partial charge in [0, 0.05) is 41.0 Å². The number of rotatable bonds is 6. The first kappa shape index (κ1) is 29.7. The number of hydrogen-bond donors (Lipinski definition) is 3. The van der Waals surface area contributed by atoms with Crippen molar-refractivity contribution in [1.82, 2.24) is 24.6 Å². The summed E-state index contributed by atoms with van der Waals surface area (Å²) >= 11 is 6.71. The van der Waals surface area contributed by atoms with E-state index in [9.17, 15) is 18.3 Å². The molecule has 210 valence electrons. The number of halogens is 4. The van der Waals surface area contributed by atoms with E-state index in [1.165, 1.54) is 6.33 Å². The van der Waals surface area contributed by atoms with Crippen LogP contribution in [-0.4, -0.2) is 73.8 Å². The minimum atomic E-state index is -5.08. The van der Waals surface area contributed by atoms with E-state index in [2.05, 4.69) is 27.0 Å². The zero-order valence-corrected chi connectivity index (χ0v) is 22.4. The van der Waals surface area contributed by atoms with Crippen LogP contribution in [0.15, 0.2) is 30.7 Å². The predicted octanol–water partition coefficient (Wildman–Crippen LogP) is 4.13. The zero-order valence-electron chi connectivity index (χ0n) is 21.6. The van der Waals surface area contributed by atoms with Gasteiger partial charge in [-0.3, -0.25) is 0 Å². The van der Waals surface area contributed by atoms with Crippen LogP contribution in [0.5, 0.6) is 5.75 Å². The summed E-state index contributed by atoms with van der Waals surface area (Å²) in [6.45, 7) is 7.29. The van der Waals surface area contributed by atoms with Crippen LogP contribution in [0.3, 0.4) is 0 Å². The van der Waals surface area contributed by atoms with Crippen molar-refractivity contribution in [1.29, 1.82) is 0 Å². The number of benzene rings is 1. The molecule has 1 unspecified atom stereocenters. The highest BCUT2D eigenvalue weighted by Crippen LogP contribution is 2.42. The summed E-state index contributed by atoms with van der Waals surface area (Å²) in [7, 11) is 1.66. The minimum Gasteiger partial charge on any atom is -0.496 e. The number of anilines is 1. The lowest BCUT2D eigenvalue weighted by Crippen LogP contribution is -2.23. The molecule has 4 rings (SSSR count). The van der Waals surface area contributed by atoms with Crippen molar-refractivity contribution < 1.29 is 32.9 Å². The van der Waals surface area contributed by atoms with Gasteiger partial charge in [0.15, 0.2) is 5.65 Å². The molecule has 0 amide bonds. The summed E-state index contributed by atoms with van der Waals surface area (Å²) < 4.78 is 39.5. The topological polar surface area (TPSA) is 140 Å². The number of aliphatic carboxylic acids is 1. The van der Waals surface area contributed by atoms with Crippen LogP contribution >= 0.6 is 11.6 Å². The molecule has 1 atom stereocenters. The Morgan fingerprint density at radius 2 is 1.97 bits per heavy atom. The Morgan fingerprint density at radius 1 is 1.31 bits per heavy atom. The smallest absolute Gasteiger partial charge is 0.490 e. The van der Waals surface area contributed by atoms with Crippen molar-refractivity contribution >= 4 is 40.0 Å². The first-order valence-electron chi connectivity index (χ1n) is 11.7. The number of carbonyl (C=O) groups is 1. The van der Waals surface area contributed by atoms with E-state index in [-0.39, 0.29) is 12.6 Å². The summed E-state index contributed by atoms with van der Waals surface area (Å²) in [4.78, 5) is 19.5. The Balaban J connectivity index is 0.000000532. The molecule has 0 spiro atoms. The molecule has 4 N–H and O–H groups in total. The number of nitrogen functional groups attached to an aromatic ring is 1. The zero-order chi connectivity index (χ0) is 29.1. The lowest BCUT2D eigenvalue weighted by Gasteiger charge is -2.26. The van der Waals surface area contributed by atoms with Gasteiger partial charge in [-0.15, -0.1) is 0 Å². The second kappa shape index (κ2) is 11.9. The Bertz CT molecular complexity index is 1440. The number of methoxy groups -OCH3 is 1. The summed E-state index contributed by atoms with van der Waals surface area (Å²) in [6, 6.07) is 1.70. The second-order valence-corrected chi connectivity index (χ2v) is 9.06. The van der Waals surface area contributed by atoms with Gasteiger partial charge in [-0.1, -0.05) is 23.8 Å². The number of nitrogens with two attached hydrogens (primary N) is 1. The first-order valence-corrected chi connectivity index (χ1v) is 12.1. The summed E-state index contributed by atoms with van der Waals surface area (Å²) in [5.74, 6) is -1.63. The number of carboxylic acid groups (broad SMARTS) is 1. The first-order chi connectivity index (χ1) is 18.3. The highest BCUT2D eigenvalue weighted by molar-refractivity contribution is 6.31. The van der Waals surface area contributed by atoms with Crippen LogP contribution in [0, 0.1) is 13.8 Å². The number of alkyl halides is 3. The molecule has 1 aliphatic heterocycles. The number of ether oxygens (including phenoxy) is 1. The normalized spacial score (nSPS) is 14.1. The van der Waals surface area contributed by atoms with Gasteiger partial charge in [-0.2, -0.15) is 18.3 Å². The average Bonchev–Trinajstić information content (AvgIpc) is 3.22. The molecule has 3 aromatic rings. The van der Waals surface area contributed by atoms with Crippen molar-refractivity contribution in [2.75, 3.05) is 32.5 Å². The summed E-state index contributed by atoms with van der Waals surface area (Å²) in [5, 5.41) is 22.6. The molecule has 1 aliphatic rings. The fourth-order valence-corrected chi connectivity index (χ4v) is 4.44. The quantitative estimate of drug-likeness (QED) is 0.400. The third-order valence-corrected chi connectivity index (χ3v) is 6.49. The van der Waals surface area contributed by atoms with Crippen LogP contribution < -0.4 is 10.5 Å². The number of fused-ring (bicyclic) bond motifs is 1. The third-order valence-electron chi connectivity index (χ3n) is 6.10.